The van der Waals surface area contributed by atoms with Crippen LogP contribution in [0, 0.1) is 0 Å². The van der Waals surface area contributed by atoms with Gasteiger partial charge in [-0.1, -0.05) is 12.1 Å². The number of aromatic nitrogens is 3. The Morgan fingerprint density at radius 2 is 1.86 bits per heavy atom. The number of anilines is 2. The van der Waals surface area contributed by atoms with Crippen molar-refractivity contribution in [2.24, 2.45) is 0 Å². The number of rotatable bonds is 3. The first-order chi connectivity index (χ1) is 13.7. The Hall–Kier alpha value is -2.90. The predicted molar refractivity (Wildman–Crippen MR) is 116 cm³/mol. The summed E-state index contributed by atoms with van der Waals surface area (Å²) in [5, 5.41) is 8.64. The summed E-state index contributed by atoms with van der Waals surface area (Å²) in [4.78, 5) is 9.49. The van der Waals surface area contributed by atoms with Gasteiger partial charge in [0.15, 0.2) is 5.65 Å². The van der Waals surface area contributed by atoms with Crippen LogP contribution in [0.1, 0.15) is 0 Å². The Morgan fingerprint density at radius 3 is 2.64 bits per heavy atom. The lowest BCUT2D eigenvalue weighted by molar-refractivity contribution is 0.313. The van der Waals surface area contributed by atoms with E-state index in [1.807, 2.05) is 23.8 Å². The van der Waals surface area contributed by atoms with Gasteiger partial charge in [-0.15, -0.1) is 0 Å². The summed E-state index contributed by atoms with van der Waals surface area (Å²) >= 11 is 1.65. The highest BCUT2D eigenvalue weighted by Crippen LogP contribution is 2.32. The van der Waals surface area contributed by atoms with Gasteiger partial charge < -0.3 is 15.5 Å². The topological polar surface area (TPSA) is 62.7 Å². The second kappa shape index (κ2) is 6.92. The maximum Gasteiger partial charge on any atom is 0.165 e. The molecule has 4 heterocycles. The molecule has 1 aliphatic heterocycles. The zero-order valence-electron chi connectivity index (χ0n) is 15.7. The number of nitrogens with two attached hydrogens (primary N) is 1. The van der Waals surface area contributed by atoms with Gasteiger partial charge in [0.05, 0.1) is 6.20 Å². The van der Waals surface area contributed by atoms with E-state index in [9.17, 15) is 0 Å². The number of nitrogens with zero attached hydrogens (tertiary/aromatic N) is 5. The molecule has 0 atom stereocenters. The van der Waals surface area contributed by atoms with E-state index in [0.717, 1.165) is 54.1 Å². The van der Waals surface area contributed by atoms with Crippen molar-refractivity contribution in [1.29, 1.82) is 0 Å². The number of piperazine rings is 1. The molecule has 1 aromatic carbocycles. The van der Waals surface area contributed by atoms with Crippen molar-refractivity contribution in [2.45, 2.75) is 0 Å². The summed E-state index contributed by atoms with van der Waals surface area (Å²) in [7, 11) is 2.17. The van der Waals surface area contributed by atoms with E-state index in [1.54, 1.807) is 15.9 Å². The molecule has 0 unspecified atom stereocenters. The van der Waals surface area contributed by atoms with Gasteiger partial charge in [-0.3, -0.25) is 0 Å². The number of hydrogen-bond acceptors (Lipinski definition) is 6. The molecular weight excluding hydrogens is 368 g/mol. The van der Waals surface area contributed by atoms with Crippen molar-refractivity contribution in [3.05, 3.63) is 53.5 Å². The van der Waals surface area contributed by atoms with Crippen molar-refractivity contribution in [1.82, 2.24) is 19.5 Å². The van der Waals surface area contributed by atoms with E-state index in [1.165, 1.54) is 5.69 Å². The fraction of sp³-hybridized carbons (Fsp3) is 0.238. The second-order valence-electron chi connectivity index (χ2n) is 7.20. The molecule has 142 valence electrons. The van der Waals surface area contributed by atoms with E-state index < -0.39 is 0 Å². The fourth-order valence-corrected chi connectivity index (χ4v) is 4.38. The highest BCUT2D eigenvalue weighted by molar-refractivity contribution is 7.08. The van der Waals surface area contributed by atoms with Crippen LogP contribution in [0.25, 0.3) is 27.9 Å². The second-order valence-corrected chi connectivity index (χ2v) is 7.98. The van der Waals surface area contributed by atoms with Gasteiger partial charge in [-0.05, 0) is 47.1 Å². The maximum absolute atomic E-state index is 6.41. The molecule has 1 aliphatic rings. The summed E-state index contributed by atoms with van der Waals surface area (Å²) in [6, 6.07) is 10.7. The van der Waals surface area contributed by atoms with Crippen LogP contribution in [-0.2, 0) is 0 Å². The van der Waals surface area contributed by atoms with Crippen LogP contribution in [0.4, 0.5) is 11.5 Å². The van der Waals surface area contributed by atoms with Crippen molar-refractivity contribution in [2.75, 3.05) is 43.9 Å². The summed E-state index contributed by atoms with van der Waals surface area (Å²) in [6.07, 6.45) is 3.71. The fourth-order valence-electron chi connectivity index (χ4n) is 3.73. The molecule has 1 fully saturated rings. The Morgan fingerprint density at radius 1 is 1.00 bits per heavy atom. The molecule has 0 spiro atoms. The average molecular weight is 391 g/mol. The average Bonchev–Trinajstić information content (AvgIpc) is 3.39. The quantitative estimate of drug-likeness (QED) is 0.580. The first-order valence-electron chi connectivity index (χ1n) is 9.39. The van der Waals surface area contributed by atoms with Gasteiger partial charge >= 0.3 is 0 Å². The third-order valence-electron chi connectivity index (χ3n) is 5.42. The summed E-state index contributed by atoms with van der Waals surface area (Å²) < 4.78 is 1.74. The maximum atomic E-state index is 6.41. The van der Waals surface area contributed by atoms with Gasteiger partial charge in [-0.2, -0.15) is 21.0 Å². The summed E-state index contributed by atoms with van der Waals surface area (Å²) in [6.45, 7) is 4.27. The molecule has 7 heteroatoms. The molecular formula is C21H22N6S. The first kappa shape index (κ1) is 17.2. The van der Waals surface area contributed by atoms with Crippen LogP contribution in [0.5, 0.6) is 0 Å². The van der Waals surface area contributed by atoms with Crippen molar-refractivity contribution < 1.29 is 0 Å². The third kappa shape index (κ3) is 2.93. The number of thiophene rings is 1. The molecule has 0 saturated carbocycles. The zero-order chi connectivity index (χ0) is 19.1. The van der Waals surface area contributed by atoms with Crippen LogP contribution in [0.15, 0.2) is 53.5 Å². The van der Waals surface area contributed by atoms with Crippen LogP contribution >= 0.6 is 11.3 Å². The molecule has 2 N–H and O–H groups in total. The zero-order valence-corrected chi connectivity index (χ0v) is 16.6. The van der Waals surface area contributed by atoms with E-state index in [0.29, 0.717) is 5.82 Å². The molecule has 6 nitrogen and oxygen atoms in total. The molecule has 28 heavy (non-hydrogen) atoms. The molecule has 0 aliphatic carbocycles. The molecule has 0 bridgehead atoms. The number of fused-ring (bicyclic) bond motifs is 1. The molecule has 1 saturated heterocycles. The standard InChI is InChI=1S/C21H22N6S/c1-25-6-8-26(9-7-25)17-4-2-3-15(11-17)19-13-24-27-20(22)18(12-23-21(19)27)16-5-10-28-14-16/h2-5,10-14H,6-9,22H2,1H3. The minimum Gasteiger partial charge on any atom is -0.383 e. The number of hydrogen-bond donors (Lipinski definition) is 1. The Bertz CT molecular complexity index is 1110. The Kier molecular flexibility index (Phi) is 4.26. The van der Waals surface area contributed by atoms with Crippen LogP contribution in [0.3, 0.4) is 0 Å². The lowest BCUT2D eigenvalue weighted by Crippen LogP contribution is -2.44. The van der Waals surface area contributed by atoms with Gasteiger partial charge in [0.1, 0.15) is 5.82 Å². The Labute approximate surface area is 167 Å². The Balaban J connectivity index is 1.53. The molecule has 0 amide bonds. The number of benzene rings is 1. The normalized spacial score (nSPS) is 15.4. The van der Waals surface area contributed by atoms with Crippen LogP contribution < -0.4 is 10.6 Å². The monoisotopic (exact) mass is 390 g/mol. The largest absolute Gasteiger partial charge is 0.383 e. The minimum absolute atomic E-state index is 0.616. The van der Waals surface area contributed by atoms with Crippen molar-refractivity contribution >= 4 is 28.5 Å². The highest BCUT2D eigenvalue weighted by Gasteiger charge is 2.17. The number of likely N-dealkylation sites (N-methyl/N-ethyl adjacent to an activating group) is 1. The molecule has 4 aromatic rings. The van der Waals surface area contributed by atoms with Gasteiger partial charge in [0.25, 0.3) is 0 Å². The smallest absolute Gasteiger partial charge is 0.165 e. The highest BCUT2D eigenvalue weighted by atomic mass is 32.1. The third-order valence-corrected chi connectivity index (χ3v) is 6.10. The van der Waals surface area contributed by atoms with Crippen molar-refractivity contribution in [3.63, 3.8) is 0 Å². The van der Waals surface area contributed by atoms with E-state index in [2.05, 4.69) is 51.6 Å². The summed E-state index contributed by atoms with van der Waals surface area (Å²) in [5.74, 6) is 0.616. The van der Waals surface area contributed by atoms with Crippen molar-refractivity contribution in [3.8, 4) is 22.3 Å². The van der Waals surface area contributed by atoms with E-state index in [-0.39, 0.29) is 0 Å². The number of nitrogen functional groups attached to an aromatic ring is 1. The van der Waals surface area contributed by atoms with Crippen LogP contribution in [0.2, 0.25) is 0 Å². The minimum atomic E-state index is 0.616. The molecule has 5 rings (SSSR count). The van der Waals surface area contributed by atoms with Gasteiger partial charge in [0, 0.05) is 49.2 Å². The molecule has 3 aromatic heterocycles. The first-order valence-corrected chi connectivity index (χ1v) is 10.3. The molecule has 0 radical (unpaired) electrons. The SMILES string of the molecule is CN1CCN(c2cccc(-c3cnn4c(N)c(-c5ccsc5)cnc34)c2)CC1. The van der Waals surface area contributed by atoms with E-state index >= 15 is 0 Å². The van der Waals surface area contributed by atoms with E-state index in [4.69, 9.17) is 10.7 Å². The lowest BCUT2D eigenvalue weighted by atomic mass is 10.1. The predicted octanol–water partition coefficient (Wildman–Crippen LogP) is 3.46. The van der Waals surface area contributed by atoms with Gasteiger partial charge in [0.2, 0.25) is 0 Å². The van der Waals surface area contributed by atoms with Gasteiger partial charge in [-0.25, -0.2) is 4.98 Å². The van der Waals surface area contributed by atoms with Crippen LogP contribution in [-0.4, -0.2) is 52.7 Å². The lowest BCUT2D eigenvalue weighted by Gasteiger charge is -2.34. The summed E-state index contributed by atoms with van der Waals surface area (Å²) in [5.41, 5.74) is 12.5.